The van der Waals surface area contributed by atoms with Crippen molar-refractivity contribution in [2.24, 2.45) is 17.8 Å². The number of hydrogen-bond acceptors (Lipinski definition) is 2. The van der Waals surface area contributed by atoms with Gasteiger partial charge in [-0.25, -0.2) is 0 Å². The minimum absolute atomic E-state index is 0.225. The van der Waals surface area contributed by atoms with E-state index in [9.17, 15) is 4.79 Å². The van der Waals surface area contributed by atoms with Crippen molar-refractivity contribution in [2.45, 2.75) is 38.6 Å². The van der Waals surface area contributed by atoms with E-state index in [1.807, 2.05) is 0 Å². The first-order valence-electron chi connectivity index (χ1n) is 9.21. The number of nitrogens with one attached hydrogen (secondary N) is 2. The Morgan fingerprint density at radius 3 is 2.79 bits per heavy atom. The number of amides is 1. The number of fused-ring (bicyclic) bond motifs is 1. The minimum Gasteiger partial charge on any atom is -0.345 e. The molecule has 1 saturated carbocycles. The van der Waals surface area contributed by atoms with Crippen LogP contribution in [0.5, 0.6) is 0 Å². The highest BCUT2D eigenvalue weighted by Crippen LogP contribution is 2.49. The minimum atomic E-state index is -0.356. The number of aromatic nitrogens is 1. The maximum atomic E-state index is 12.8. The molecule has 4 nitrogen and oxygen atoms in total. The van der Waals surface area contributed by atoms with Gasteiger partial charge in [0.15, 0.2) is 0 Å². The maximum Gasteiger partial charge on any atom is 0.224 e. The Morgan fingerprint density at radius 1 is 1.25 bits per heavy atom. The molecule has 3 heterocycles. The van der Waals surface area contributed by atoms with Gasteiger partial charge in [-0.2, -0.15) is 0 Å². The number of rotatable bonds is 3. The highest BCUT2D eigenvalue weighted by Gasteiger charge is 2.57. The third-order valence-corrected chi connectivity index (χ3v) is 6.31. The van der Waals surface area contributed by atoms with Crippen LogP contribution in [0.3, 0.4) is 0 Å². The lowest BCUT2D eigenvalue weighted by molar-refractivity contribution is -0.124. The summed E-state index contributed by atoms with van der Waals surface area (Å²) in [7, 11) is 0. The van der Waals surface area contributed by atoms with Crippen molar-refractivity contribution in [2.75, 3.05) is 13.1 Å². The van der Waals surface area contributed by atoms with Crippen molar-refractivity contribution in [1.82, 2.24) is 15.0 Å². The molecule has 24 heavy (non-hydrogen) atoms. The Bertz CT molecular complexity index is 825. The Balaban J connectivity index is 1.48. The van der Waals surface area contributed by atoms with Gasteiger partial charge < -0.3 is 15.0 Å². The zero-order valence-electron chi connectivity index (χ0n) is 14.4. The first kappa shape index (κ1) is 14.5. The summed E-state index contributed by atoms with van der Waals surface area (Å²) >= 11 is 0. The third-order valence-electron chi connectivity index (χ3n) is 6.31. The van der Waals surface area contributed by atoms with Gasteiger partial charge in [0.1, 0.15) is 0 Å². The van der Waals surface area contributed by atoms with E-state index in [2.05, 4.69) is 53.3 Å². The van der Waals surface area contributed by atoms with Gasteiger partial charge in [-0.15, -0.1) is 0 Å². The summed E-state index contributed by atoms with van der Waals surface area (Å²) in [6.45, 7) is 6.28. The van der Waals surface area contributed by atoms with Gasteiger partial charge in [-0.1, -0.05) is 6.07 Å². The van der Waals surface area contributed by atoms with Gasteiger partial charge in [0.05, 0.1) is 11.1 Å². The Kier molecular flexibility index (Phi) is 2.94. The van der Waals surface area contributed by atoms with Crippen LogP contribution in [0, 0.1) is 17.8 Å². The van der Waals surface area contributed by atoms with Gasteiger partial charge >= 0.3 is 0 Å². The van der Waals surface area contributed by atoms with E-state index in [1.165, 1.54) is 28.8 Å². The lowest BCUT2D eigenvalue weighted by Crippen LogP contribution is -2.43. The van der Waals surface area contributed by atoms with Crippen molar-refractivity contribution >= 4 is 11.4 Å². The van der Waals surface area contributed by atoms with Gasteiger partial charge in [-0.3, -0.25) is 4.79 Å². The van der Waals surface area contributed by atoms with Crippen LogP contribution in [0.25, 0.3) is 5.52 Å². The lowest BCUT2D eigenvalue weighted by Gasteiger charge is -2.27. The number of carbonyl (C=O) groups is 1. The summed E-state index contributed by atoms with van der Waals surface area (Å²) in [6.07, 6.45) is 5.67. The van der Waals surface area contributed by atoms with Crippen LogP contribution < -0.4 is 10.6 Å². The molecule has 2 fully saturated rings. The molecule has 4 heteroatoms. The van der Waals surface area contributed by atoms with Gasteiger partial charge in [0, 0.05) is 17.8 Å². The first-order chi connectivity index (χ1) is 11.6. The first-order valence-corrected chi connectivity index (χ1v) is 9.21. The largest absolute Gasteiger partial charge is 0.345 e. The fourth-order valence-electron chi connectivity index (χ4n) is 5.02. The number of aryl methyl sites for hydroxylation is 2. The Labute approximate surface area is 142 Å². The van der Waals surface area contributed by atoms with Gasteiger partial charge in [-0.05, 0) is 81.3 Å². The summed E-state index contributed by atoms with van der Waals surface area (Å²) < 4.78 is 2.30. The molecule has 1 saturated heterocycles. The van der Waals surface area contributed by atoms with Crippen LogP contribution >= 0.6 is 0 Å². The molecule has 2 aromatic heterocycles. The molecule has 0 aromatic carbocycles. The summed E-state index contributed by atoms with van der Waals surface area (Å²) in [4.78, 5) is 12.8. The second kappa shape index (κ2) is 4.85. The number of hydrogen-bond donors (Lipinski definition) is 2. The second-order valence-electron chi connectivity index (χ2n) is 8.29. The molecule has 2 unspecified atom stereocenters. The zero-order valence-corrected chi connectivity index (χ0v) is 14.4. The molecule has 126 valence electrons. The monoisotopic (exact) mass is 323 g/mol. The summed E-state index contributed by atoms with van der Waals surface area (Å²) in [5.41, 5.74) is 5.09. The van der Waals surface area contributed by atoms with Crippen molar-refractivity contribution in [3.8, 4) is 0 Å². The number of piperidine rings is 1. The molecule has 2 N–H and O–H groups in total. The van der Waals surface area contributed by atoms with Gasteiger partial charge in [0.2, 0.25) is 5.91 Å². The lowest BCUT2D eigenvalue weighted by atomic mass is 9.95. The van der Waals surface area contributed by atoms with E-state index in [4.69, 9.17) is 0 Å². The van der Waals surface area contributed by atoms with E-state index < -0.39 is 0 Å². The maximum absolute atomic E-state index is 12.8. The number of carbonyl (C=O) groups excluding carboxylic acids is 1. The van der Waals surface area contributed by atoms with E-state index in [0.717, 1.165) is 25.9 Å². The third kappa shape index (κ3) is 1.99. The number of pyridine rings is 1. The SMILES string of the molecule is CC(C)(NC(=O)C1C2CNC[C@@H]21)c1cc2c3c(cccn13)CCC2. The Morgan fingerprint density at radius 2 is 2.00 bits per heavy atom. The molecule has 0 radical (unpaired) electrons. The molecule has 0 bridgehead atoms. The van der Waals surface area contributed by atoms with Gasteiger partial charge in [0.25, 0.3) is 0 Å². The standard InChI is InChI=1S/C20H25N3O/c1-20(2,22-19(24)17-14-10-21-11-15(14)17)16-9-13-6-3-5-12-7-4-8-23(16)18(12)13/h4,7-9,14-15,17,21H,3,5-6,10-11H2,1-2H3,(H,22,24)/t14-,15?,17?/m0/s1. The quantitative estimate of drug-likeness (QED) is 0.910. The molecule has 0 spiro atoms. The molecule has 3 aliphatic rings. The highest BCUT2D eigenvalue weighted by molar-refractivity contribution is 5.83. The van der Waals surface area contributed by atoms with Crippen LogP contribution in [0.4, 0.5) is 0 Å². The molecule has 1 aliphatic heterocycles. The topological polar surface area (TPSA) is 45.5 Å². The highest BCUT2D eigenvalue weighted by atomic mass is 16.2. The van der Waals surface area contributed by atoms with Crippen molar-refractivity contribution in [1.29, 1.82) is 0 Å². The van der Waals surface area contributed by atoms with E-state index in [0.29, 0.717) is 11.8 Å². The Hall–Kier alpha value is -1.81. The summed E-state index contributed by atoms with van der Waals surface area (Å²) in [6, 6.07) is 6.69. The van der Waals surface area contributed by atoms with Crippen molar-refractivity contribution in [3.05, 3.63) is 41.2 Å². The van der Waals surface area contributed by atoms with E-state index >= 15 is 0 Å². The molecule has 1 amide bonds. The predicted octanol–water partition coefficient (Wildman–Crippen LogP) is 2.24. The molecule has 2 aromatic rings. The molecule has 3 atom stereocenters. The molecular weight excluding hydrogens is 298 g/mol. The van der Waals surface area contributed by atoms with Crippen LogP contribution in [0.1, 0.15) is 37.1 Å². The summed E-state index contributed by atoms with van der Waals surface area (Å²) in [5, 5.41) is 6.71. The van der Waals surface area contributed by atoms with Crippen molar-refractivity contribution in [3.63, 3.8) is 0 Å². The smallest absolute Gasteiger partial charge is 0.224 e. The fourth-order valence-corrected chi connectivity index (χ4v) is 5.02. The van der Waals surface area contributed by atoms with E-state index in [1.54, 1.807) is 0 Å². The van der Waals surface area contributed by atoms with Crippen LogP contribution in [-0.4, -0.2) is 23.4 Å². The zero-order chi connectivity index (χ0) is 16.5. The predicted molar refractivity (Wildman–Crippen MR) is 93.9 cm³/mol. The normalized spacial score (nSPS) is 28.0. The average Bonchev–Trinajstić information content (AvgIpc) is 2.90. The van der Waals surface area contributed by atoms with Crippen molar-refractivity contribution < 1.29 is 4.79 Å². The second-order valence-corrected chi connectivity index (χ2v) is 8.29. The molecule has 2 aliphatic carbocycles. The fraction of sp³-hybridized carbons (Fsp3) is 0.550. The van der Waals surface area contributed by atoms with E-state index in [-0.39, 0.29) is 17.4 Å². The summed E-state index contributed by atoms with van der Waals surface area (Å²) in [5.74, 6) is 1.59. The number of nitrogens with zero attached hydrogens (tertiary/aromatic N) is 1. The molecule has 5 rings (SSSR count). The van der Waals surface area contributed by atoms with Crippen LogP contribution in [0.15, 0.2) is 24.4 Å². The van der Waals surface area contributed by atoms with Crippen LogP contribution in [-0.2, 0) is 23.2 Å². The molecular formula is C20H25N3O. The average molecular weight is 323 g/mol. The van der Waals surface area contributed by atoms with Crippen LogP contribution in [0.2, 0.25) is 0 Å².